The minimum absolute atomic E-state index is 0.00669. The number of carbonyl (C=O) groups is 2. The molecule has 5 heteroatoms. The van der Waals surface area contributed by atoms with E-state index in [0.717, 1.165) is 5.76 Å². The summed E-state index contributed by atoms with van der Waals surface area (Å²) in [7, 11) is 0. The molecule has 0 saturated carbocycles. The van der Waals surface area contributed by atoms with Gasteiger partial charge in [-0.1, -0.05) is 6.92 Å². The monoisotopic (exact) mass is 278 g/mol. The van der Waals surface area contributed by atoms with E-state index in [0.29, 0.717) is 25.8 Å². The highest BCUT2D eigenvalue weighted by Gasteiger charge is 2.40. The maximum atomic E-state index is 12.7. The van der Waals surface area contributed by atoms with Crippen LogP contribution in [0, 0.1) is 0 Å². The van der Waals surface area contributed by atoms with Crippen LogP contribution < -0.4 is 5.32 Å². The SMILES string of the molecule is CCC1(C)NC(=O)CCN(C(C)Cc2ccco2)C1=O. The largest absolute Gasteiger partial charge is 0.469 e. The van der Waals surface area contributed by atoms with Gasteiger partial charge >= 0.3 is 0 Å². The van der Waals surface area contributed by atoms with Crippen molar-refractivity contribution >= 4 is 11.8 Å². The predicted molar refractivity (Wildman–Crippen MR) is 75.0 cm³/mol. The highest BCUT2D eigenvalue weighted by atomic mass is 16.3. The Kier molecular flexibility index (Phi) is 4.16. The molecule has 1 aliphatic rings. The van der Waals surface area contributed by atoms with Crippen molar-refractivity contribution in [3.05, 3.63) is 24.2 Å². The second-order valence-corrected chi connectivity index (χ2v) is 5.61. The van der Waals surface area contributed by atoms with Crippen LogP contribution in [0.3, 0.4) is 0 Å². The van der Waals surface area contributed by atoms with E-state index >= 15 is 0 Å². The Morgan fingerprint density at radius 2 is 2.25 bits per heavy atom. The zero-order valence-electron chi connectivity index (χ0n) is 12.3. The number of furan rings is 1. The Labute approximate surface area is 119 Å². The van der Waals surface area contributed by atoms with Gasteiger partial charge in [0.2, 0.25) is 11.8 Å². The van der Waals surface area contributed by atoms with Gasteiger partial charge in [-0.15, -0.1) is 0 Å². The molecule has 110 valence electrons. The molecule has 5 nitrogen and oxygen atoms in total. The molecule has 2 unspecified atom stereocenters. The number of hydrogen-bond acceptors (Lipinski definition) is 3. The lowest BCUT2D eigenvalue weighted by molar-refractivity contribution is -0.140. The Balaban J connectivity index is 2.16. The summed E-state index contributed by atoms with van der Waals surface area (Å²) in [4.78, 5) is 26.3. The summed E-state index contributed by atoms with van der Waals surface area (Å²) in [5.74, 6) is 0.785. The second-order valence-electron chi connectivity index (χ2n) is 5.61. The summed E-state index contributed by atoms with van der Waals surface area (Å²) >= 11 is 0. The van der Waals surface area contributed by atoms with E-state index in [9.17, 15) is 9.59 Å². The van der Waals surface area contributed by atoms with Crippen LogP contribution in [0.4, 0.5) is 0 Å². The second kappa shape index (κ2) is 5.69. The molecule has 2 rings (SSSR count). The lowest BCUT2D eigenvalue weighted by Crippen LogP contribution is -2.56. The van der Waals surface area contributed by atoms with Gasteiger partial charge in [-0.2, -0.15) is 0 Å². The molecule has 1 N–H and O–H groups in total. The molecule has 1 aromatic rings. The minimum atomic E-state index is -0.801. The van der Waals surface area contributed by atoms with Crippen molar-refractivity contribution in [1.29, 1.82) is 0 Å². The molecular formula is C15H22N2O3. The maximum absolute atomic E-state index is 12.7. The summed E-state index contributed by atoms with van der Waals surface area (Å²) < 4.78 is 5.34. The number of hydrogen-bond donors (Lipinski definition) is 1. The Morgan fingerprint density at radius 1 is 1.50 bits per heavy atom. The Morgan fingerprint density at radius 3 is 2.85 bits per heavy atom. The molecule has 20 heavy (non-hydrogen) atoms. The van der Waals surface area contributed by atoms with Gasteiger partial charge in [0.1, 0.15) is 11.3 Å². The van der Waals surface area contributed by atoms with Crippen molar-refractivity contribution in [1.82, 2.24) is 10.2 Å². The summed E-state index contributed by atoms with van der Waals surface area (Å²) in [6, 6.07) is 3.75. The van der Waals surface area contributed by atoms with Crippen LogP contribution >= 0.6 is 0 Å². The van der Waals surface area contributed by atoms with Crippen molar-refractivity contribution < 1.29 is 14.0 Å². The molecular weight excluding hydrogens is 256 g/mol. The van der Waals surface area contributed by atoms with Gasteiger partial charge in [-0.25, -0.2) is 0 Å². The lowest BCUT2D eigenvalue weighted by Gasteiger charge is -2.34. The number of carbonyl (C=O) groups excluding carboxylic acids is 2. The molecule has 2 heterocycles. The third kappa shape index (κ3) is 2.86. The molecule has 1 aliphatic heterocycles. The Hall–Kier alpha value is -1.78. The van der Waals surface area contributed by atoms with E-state index in [-0.39, 0.29) is 17.9 Å². The highest BCUT2D eigenvalue weighted by Crippen LogP contribution is 2.21. The molecule has 1 aromatic heterocycles. The maximum Gasteiger partial charge on any atom is 0.248 e. The molecule has 2 atom stereocenters. The standard InChI is InChI=1S/C15H22N2O3/c1-4-15(3)14(19)17(8-7-13(18)16-15)11(2)10-12-6-5-9-20-12/h5-6,9,11H,4,7-8,10H2,1-3H3,(H,16,18). The van der Waals surface area contributed by atoms with Crippen molar-refractivity contribution in [2.45, 2.75) is 51.6 Å². The minimum Gasteiger partial charge on any atom is -0.469 e. The first-order valence-corrected chi connectivity index (χ1v) is 7.10. The van der Waals surface area contributed by atoms with Crippen molar-refractivity contribution in [3.63, 3.8) is 0 Å². The quantitative estimate of drug-likeness (QED) is 0.912. The van der Waals surface area contributed by atoms with Gasteiger partial charge < -0.3 is 14.6 Å². The number of amides is 2. The smallest absolute Gasteiger partial charge is 0.248 e. The van der Waals surface area contributed by atoms with Gasteiger partial charge in [0.05, 0.1) is 6.26 Å². The first kappa shape index (κ1) is 14.6. The topological polar surface area (TPSA) is 62.6 Å². The average molecular weight is 278 g/mol. The van der Waals surface area contributed by atoms with Crippen LogP contribution in [0.25, 0.3) is 0 Å². The average Bonchev–Trinajstić information content (AvgIpc) is 2.87. The lowest BCUT2D eigenvalue weighted by atomic mass is 9.96. The summed E-state index contributed by atoms with van der Waals surface area (Å²) in [6.07, 6.45) is 3.23. The van der Waals surface area contributed by atoms with Crippen LogP contribution in [-0.2, 0) is 16.0 Å². The first-order chi connectivity index (χ1) is 9.46. The van der Waals surface area contributed by atoms with Crippen molar-refractivity contribution in [2.24, 2.45) is 0 Å². The zero-order chi connectivity index (χ0) is 14.8. The molecule has 0 aromatic carbocycles. The van der Waals surface area contributed by atoms with Crippen molar-refractivity contribution in [2.75, 3.05) is 6.54 Å². The van der Waals surface area contributed by atoms with Crippen LogP contribution in [-0.4, -0.2) is 34.8 Å². The van der Waals surface area contributed by atoms with E-state index in [1.165, 1.54) is 0 Å². The van der Waals surface area contributed by atoms with E-state index in [2.05, 4.69) is 5.32 Å². The summed E-state index contributed by atoms with van der Waals surface area (Å²) in [6.45, 7) is 6.17. The van der Waals surface area contributed by atoms with E-state index in [4.69, 9.17) is 4.42 Å². The molecule has 0 spiro atoms. The predicted octanol–water partition coefficient (Wildman–Crippen LogP) is 1.73. The molecule has 1 fully saturated rings. The fraction of sp³-hybridized carbons (Fsp3) is 0.600. The summed E-state index contributed by atoms with van der Waals surface area (Å²) in [5, 5.41) is 2.84. The van der Waals surface area contributed by atoms with E-state index in [1.54, 1.807) is 18.1 Å². The third-order valence-corrected chi connectivity index (χ3v) is 4.04. The van der Waals surface area contributed by atoms with E-state index in [1.807, 2.05) is 26.0 Å². The Bertz CT molecular complexity index is 483. The number of nitrogens with one attached hydrogen (secondary N) is 1. The molecule has 0 radical (unpaired) electrons. The van der Waals surface area contributed by atoms with Crippen LogP contribution in [0.5, 0.6) is 0 Å². The zero-order valence-corrected chi connectivity index (χ0v) is 12.3. The fourth-order valence-electron chi connectivity index (χ4n) is 2.55. The molecule has 2 amide bonds. The van der Waals surface area contributed by atoms with Gasteiger partial charge in [0.15, 0.2) is 0 Å². The van der Waals surface area contributed by atoms with Gasteiger partial charge in [-0.05, 0) is 32.4 Å². The van der Waals surface area contributed by atoms with Gasteiger partial charge in [-0.3, -0.25) is 9.59 Å². The summed E-state index contributed by atoms with van der Waals surface area (Å²) in [5.41, 5.74) is -0.801. The molecule has 1 saturated heterocycles. The van der Waals surface area contributed by atoms with Gasteiger partial charge in [0, 0.05) is 25.4 Å². The highest BCUT2D eigenvalue weighted by molar-refractivity contribution is 5.93. The fourth-order valence-corrected chi connectivity index (χ4v) is 2.55. The third-order valence-electron chi connectivity index (χ3n) is 4.04. The first-order valence-electron chi connectivity index (χ1n) is 7.10. The van der Waals surface area contributed by atoms with Crippen LogP contribution in [0.15, 0.2) is 22.8 Å². The van der Waals surface area contributed by atoms with Crippen LogP contribution in [0.2, 0.25) is 0 Å². The van der Waals surface area contributed by atoms with Gasteiger partial charge in [0.25, 0.3) is 0 Å². The number of nitrogens with zero attached hydrogens (tertiary/aromatic N) is 1. The number of rotatable bonds is 4. The molecule has 0 bridgehead atoms. The van der Waals surface area contributed by atoms with E-state index < -0.39 is 5.54 Å². The van der Waals surface area contributed by atoms with Crippen molar-refractivity contribution in [3.8, 4) is 0 Å². The normalized spacial score (nSPS) is 25.2. The van der Waals surface area contributed by atoms with Crippen LogP contribution in [0.1, 0.15) is 39.4 Å². The molecule has 0 aliphatic carbocycles.